The third-order valence-corrected chi connectivity index (χ3v) is 3.40. The molecule has 0 atom stereocenters. The van der Waals surface area contributed by atoms with E-state index in [-0.39, 0.29) is 17.5 Å². The molecule has 0 spiro atoms. The Morgan fingerprint density at radius 2 is 2.06 bits per heavy atom. The molecule has 18 heavy (non-hydrogen) atoms. The second kappa shape index (κ2) is 5.82. The molecule has 1 aliphatic carbocycles. The van der Waals surface area contributed by atoms with E-state index in [0.717, 1.165) is 12.8 Å². The van der Waals surface area contributed by atoms with Crippen molar-refractivity contribution >= 4 is 11.4 Å². The Balaban J connectivity index is 2.00. The number of anilines is 1. The lowest BCUT2D eigenvalue weighted by atomic mass is 9.98. The molecule has 5 heteroatoms. The number of rotatable bonds is 4. The van der Waals surface area contributed by atoms with Crippen LogP contribution in [0.1, 0.15) is 37.7 Å². The Morgan fingerprint density at radius 1 is 1.33 bits per heavy atom. The second-order valence-corrected chi connectivity index (χ2v) is 4.68. The molecule has 0 aromatic heterocycles. The fourth-order valence-electron chi connectivity index (χ4n) is 2.32. The number of nitrogens with zero attached hydrogens (tertiary/aromatic N) is 1. The molecule has 0 aliphatic heterocycles. The Morgan fingerprint density at radius 3 is 2.72 bits per heavy atom. The van der Waals surface area contributed by atoms with E-state index in [1.807, 2.05) is 0 Å². The highest BCUT2D eigenvalue weighted by atomic mass is 16.6. The van der Waals surface area contributed by atoms with Crippen LogP contribution in [0.5, 0.6) is 0 Å². The van der Waals surface area contributed by atoms with Gasteiger partial charge in [-0.2, -0.15) is 0 Å². The number of para-hydroxylation sites is 1. The molecule has 1 aromatic carbocycles. The first-order chi connectivity index (χ1) is 8.68. The normalized spacial score (nSPS) is 16.7. The van der Waals surface area contributed by atoms with Gasteiger partial charge in [0.1, 0.15) is 5.69 Å². The molecule has 2 rings (SSSR count). The summed E-state index contributed by atoms with van der Waals surface area (Å²) in [6.45, 7) is 0.359. The van der Waals surface area contributed by atoms with E-state index in [1.54, 1.807) is 12.1 Å². The van der Waals surface area contributed by atoms with Crippen LogP contribution in [0.2, 0.25) is 0 Å². The van der Waals surface area contributed by atoms with Crippen LogP contribution in [0.3, 0.4) is 0 Å². The molecular formula is C13H18N2O3. The molecular weight excluding hydrogens is 232 g/mol. The maximum absolute atomic E-state index is 10.8. The molecule has 0 bridgehead atoms. The third kappa shape index (κ3) is 2.98. The highest BCUT2D eigenvalue weighted by Crippen LogP contribution is 2.27. The van der Waals surface area contributed by atoms with Crippen LogP contribution in [-0.4, -0.2) is 11.0 Å². The van der Waals surface area contributed by atoms with E-state index < -0.39 is 4.92 Å². The molecule has 0 heterocycles. The van der Waals surface area contributed by atoms with Crippen molar-refractivity contribution in [2.75, 3.05) is 5.73 Å². The summed E-state index contributed by atoms with van der Waals surface area (Å²) in [6.07, 6.45) is 6.12. The van der Waals surface area contributed by atoms with Crippen molar-refractivity contribution in [2.45, 2.75) is 44.8 Å². The summed E-state index contributed by atoms with van der Waals surface area (Å²) in [5.41, 5.74) is 6.66. The number of ether oxygens (including phenoxy) is 1. The number of hydrogen-bond acceptors (Lipinski definition) is 4. The molecule has 5 nitrogen and oxygen atoms in total. The summed E-state index contributed by atoms with van der Waals surface area (Å²) >= 11 is 0. The first-order valence-electron chi connectivity index (χ1n) is 6.32. The van der Waals surface area contributed by atoms with E-state index in [4.69, 9.17) is 10.5 Å². The number of nitro groups is 1. The molecule has 1 aliphatic rings. The molecule has 0 unspecified atom stereocenters. The summed E-state index contributed by atoms with van der Waals surface area (Å²) in [4.78, 5) is 10.3. The zero-order chi connectivity index (χ0) is 13.0. The Hall–Kier alpha value is -1.62. The molecule has 98 valence electrons. The lowest BCUT2D eigenvalue weighted by molar-refractivity contribution is -0.384. The first-order valence-corrected chi connectivity index (χ1v) is 6.32. The average molecular weight is 250 g/mol. The lowest BCUT2D eigenvalue weighted by Gasteiger charge is -2.22. The van der Waals surface area contributed by atoms with Gasteiger partial charge in [-0.05, 0) is 12.8 Å². The van der Waals surface area contributed by atoms with E-state index in [2.05, 4.69) is 0 Å². The van der Waals surface area contributed by atoms with E-state index in [9.17, 15) is 10.1 Å². The summed E-state index contributed by atoms with van der Waals surface area (Å²) in [7, 11) is 0. The van der Waals surface area contributed by atoms with E-state index in [1.165, 1.54) is 25.3 Å². The SMILES string of the molecule is Nc1c(COC2CCCCC2)cccc1[N+](=O)[O-]. The van der Waals surface area contributed by atoms with Gasteiger partial charge in [-0.25, -0.2) is 0 Å². The van der Waals surface area contributed by atoms with Gasteiger partial charge in [-0.1, -0.05) is 31.4 Å². The quantitative estimate of drug-likeness (QED) is 0.506. The van der Waals surface area contributed by atoms with Crippen molar-refractivity contribution in [1.29, 1.82) is 0 Å². The molecule has 1 saturated carbocycles. The van der Waals surface area contributed by atoms with Crippen LogP contribution >= 0.6 is 0 Å². The molecule has 1 fully saturated rings. The number of nitrogens with two attached hydrogens (primary N) is 1. The van der Waals surface area contributed by atoms with Crippen molar-refractivity contribution in [2.24, 2.45) is 0 Å². The van der Waals surface area contributed by atoms with Crippen LogP contribution in [0.25, 0.3) is 0 Å². The monoisotopic (exact) mass is 250 g/mol. The van der Waals surface area contributed by atoms with Crippen molar-refractivity contribution in [3.05, 3.63) is 33.9 Å². The zero-order valence-electron chi connectivity index (χ0n) is 10.3. The lowest BCUT2D eigenvalue weighted by Crippen LogP contribution is -2.16. The predicted octanol–water partition coefficient (Wildman–Crippen LogP) is 3.03. The van der Waals surface area contributed by atoms with Gasteiger partial charge in [-0.3, -0.25) is 10.1 Å². The summed E-state index contributed by atoms with van der Waals surface area (Å²) < 4.78 is 5.78. The number of hydrogen-bond donors (Lipinski definition) is 1. The number of benzene rings is 1. The van der Waals surface area contributed by atoms with Crippen LogP contribution < -0.4 is 5.73 Å². The minimum absolute atomic E-state index is 0.0419. The molecule has 0 radical (unpaired) electrons. The fraction of sp³-hybridized carbons (Fsp3) is 0.538. The highest BCUT2D eigenvalue weighted by Gasteiger charge is 2.17. The van der Waals surface area contributed by atoms with Gasteiger partial charge in [0, 0.05) is 11.6 Å². The van der Waals surface area contributed by atoms with Crippen molar-refractivity contribution in [3.63, 3.8) is 0 Å². The minimum atomic E-state index is -0.459. The predicted molar refractivity (Wildman–Crippen MR) is 69.2 cm³/mol. The van der Waals surface area contributed by atoms with Crippen LogP contribution in [0.4, 0.5) is 11.4 Å². The van der Waals surface area contributed by atoms with Crippen molar-refractivity contribution in [3.8, 4) is 0 Å². The molecule has 1 aromatic rings. The Bertz CT molecular complexity index is 428. The van der Waals surface area contributed by atoms with Gasteiger partial charge in [-0.15, -0.1) is 0 Å². The van der Waals surface area contributed by atoms with Gasteiger partial charge in [0.05, 0.1) is 17.6 Å². The third-order valence-electron chi connectivity index (χ3n) is 3.40. The summed E-state index contributed by atoms with van der Waals surface area (Å²) in [6, 6.07) is 4.85. The van der Waals surface area contributed by atoms with Crippen molar-refractivity contribution < 1.29 is 9.66 Å². The topological polar surface area (TPSA) is 78.4 Å². The van der Waals surface area contributed by atoms with Crippen LogP contribution in [0.15, 0.2) is 18.2 Å². The Labute approximate surface area is 106 Å². The Kier molecular flexibility index (Phi) is 4.15. The minimum Gasteiger partial charge on any atom is -0.393 e. The average Bonchev–Trinajstić information content (AvgIpc) is 2.38. The van der Waals surface area contributed by atoms with Gasteiger partial charge in [0.2, 0.25) is 0 Å². The molecule has 0 saturated heterocycles. The standard InChI is InChI=1S/C13H18N2O3/c14-13-10(5-4-8-12(13)15(16)17)9-18-11-6-2-1-3-7-11/h4-5,8,11H,1-3,6-7,9,14H2. The van der Waals surface area contributed by atoms with E-state index in [0.29, 0.717) is 12.2 Å². The van der Waals surface area contributed by atoms with E-state index >= 15 is 0 Å². The smallest absolute Gasteiger partial charge is 0.292 e. The maximum Gasteiger partial charge on any atom is 0.292 e. The zero-order valence-corrected chi connectivity index (χ0v) is 10.3. The van der Waals surface area contributed by atoms with Gasteiger partial charge in [0.25, 0.3) is 5.69 Å². The highest BCUT2D eigenvalue weighted by molar-refractivity contribution is 5.62. The summed E-state index contributed by atoms with van der Waals surface area (Å²) in [5, 5.41) is 10.8. The first kappa shape index (κ1) is 12.8. The van der Waals surface area contributed by atoms with Crippen LogP contribution in [0, 0.1) is 10.1 Å². The van der Waals surface area contributed by atoms with Crippen LogP contribution in [-0.2, 0) is 11.3 Å². The number of nitro benzene ring substituents is 1. The second-order valence-electron chi connectivity index (χ2n) is 4.68. The maximum atomic E-state index is 10.8. The molecule has 0 amide bonds. The van der Waals surface area contributed by atoms with Gasteiger partial charge < -0.3 is 10.5 Å². The largest absolute Gasteiger partial charge is 0.393 e. The van der Waals surface area contributed by atoms with Gasteiger partial charge >= 0.3 is 0 Å². The van der Waals surface area contributed by atoms with Crippen molar-refractivity contribution in [1.82, 2.24) is 0 Å². The fourth-order valence-corrected chi connectivity index (χ4v) is 2.32. The molecule has 2 N–H and O–H groups in total. The summed E-state index contributed by atoms with van der Waals surface area (Å²) in [5.74, 6) is 0. The number of nitrogen functional groups attached to an aromatic ring is 1. The van der Waals surface area contributed by atoms with Gasteiger partial charge in [0.15, 0.2) is 0 Å².